The lowest BCUT2D eigenvalue weighted by Gasteiger charge is -2.09. The number of nitro benzene ring substituents is 1. The molecule has 0 spiro atoms. The van der Waals surface area contributed by atoms with Crippen molar-refractivity contribution in [2.75, 3.05) is 5.32 Å². The number of hydrogen-bond acceptors (Lipinski definition) is 4. The van der Waals surface area contributed by atoms with Crippen LogP contribution in [0.3, 0.4) is 0 Å². The zero-order valence-corrected chi connectivity index (χ0v) is 9.14. The van der Waals surface area contributed by atoms with E-state index in [1.165, 1.54) is 6.07 Å². The molecule has 17 heavy (non-hydrogen) atoms. The van der Waals surface area contributed by atoms with Crippen molar-refractivity contribution in [3.63, 3.8) is 0 Å². The quantitative estimate of drug-likeness (QED) is 0.615. The Balaban J connectivity index is 2.90. The smallest absolute Gasteiger partial charge is 0.306 e. The number of carbonyl (C=O) groups is 1. The lowest BCUT2D eigenvalue weighted by molar-refractivity contribution is -0.387. The maximum atomic E-state index is 13.0. The molecule has 0 saturated heterocycles. The largest absolute Gasteiger partial charge is 0.324 e. The summed E-state index contributed by atoms with van der Waals surface area (Å²) < 4.78 is 13.0. The maximum absolute atomic E-state index is 13.0. The average Bonchev–Trinajstić information content (AvgIpc) is 2.30. The molecule has 3 N–H and O–H groups in total. The molecule has 0 fully saturated rings. The van der Waals surface area contributed by atoms with Crippen molar-refractivity contribution in [2.45, 2.75) is 19.4 Å². The summed E-state index contributed by atoms with van der Waals surface area (Å²) in [5.41, 5.74) is 4.93. The maximum Gasteiger partial charge on any atom is 0.306 e. The molecule has 92 valence electrons. The Hall–Kier alpha value is -2.02. The Morgan fingerprint density at radius 1 is 1.65 bits per heavy atom. The Morgan fingerprint density at radius 2 is 2.29 bits per heavy atom. The highest BCUT2D eigenvalue weighted by Gasteiger charge is 2.16. The summed E-state index contributed by atoms with van der Waals surface area (Å²) >= 11 is 0. The molecule has 0 bridgehead atoms. The van der Waals surface area contributed by atoms with Gasteiger partial charge in [-0.3, -0.25) is 14.9 Å². The van der Waals surface area contributed by atoms with Crippen molar-refractivity contribution < 1.29 is 14.1 Å². The molecule has 1 aromatic rings. The Kier molecular flexibility index (Phi) is 4.11. The number of benzene rings is 1. The van der Waals surface area contributed by atoms with E-state index in [-0.39, 0.29) is 5.69 Å². The summed E-state index contributed by atoms with van der Waals surface area (Å²) in [4.78, 5) is 21.0. The molecule has 7 heteroatoms. The number of halogens is 1. The van der Waals surface area contributed by atoms with Crippen LogP contribution in [-0.2, 0) is 4.79 Å². The van der Waals surface area contributed by atoms with Gasteiger partial charge in [0.05, 0.1) is 11.0 Å². The molecular formula is C10H12FN3O3. The average molecular weight is 241 g/mol. The van der Waals surface area contributed by atoms with Gasteiger partial charge in [0.1, 0.15) is 0 Å². The Labute approximate surface area is 96.8 Å². The molecule has 0 aliphatic carbocycles. The van der Waals surface area contributed by atoms with Gasteiger partial charge in [0, 0.05) is 11.8 Å². The Bertz CT molecular complexity index is 450. The number of anilines is 1. The number of rotatable bonds is 4. The van der Waals surface area contributed by atoms with Crippen LogP contribution in [-0.4, -0.2) is 16.9 Å². The van der Waals surface area contributed by atoms with Crippen LogP contribution in [0.15, 0.2) is 18.2 Å². The van der Waals surface area contributed by atoms with Crippen LogP contribution in [0.2, 0.25) is 0 Å². The summed E-state index contributed by atoms with van der Waals surface area (Å²) in [5, 5.41) is 12.9. The monoisotopic (exact) mass is 241 g/mol. The molecular weight excluding hydrogens is 229 g/mol. The fourth-order valence-corrected chi connectivity index (χ4v) is 1.15. The van der Waals surface area contributed by atoms with Gasteiger partial charge in [-0.05, 0) is 18.6 Å². The van der Waals surface area contributed by atoms with E-state index in [2.05, 4.69) is 5.32 Å². The van der Waals surface area contributed by atoms with Gasteiger partial charge in [-0.25, -0.2) is 0 Å². The standard InChI is InChI=1S/C10H12FN3O3/c1-2-8(12)10(15)13-6-3-4-7(11)9(5-6)14(16)17/h3-5,8H,2,12H2,1H3,(H,13,15). The zero-order chi connectivity index (χ0) is 13.0. The summed E-state index contributed by atoms with van der Waals surface area (Å²) in [7, 11) is 0. The second kappa shape index (κ2) is 5.35. The van der Waals surface area contributed by atoms with Crippen molar-refractivity contribution in [1.29, 1.82) is 0 Å². The van der Waals surface area contributed by atoms with E-state index in [0.29, 0.717) is 6.42 Å². The van der Waals surface area contributed by atoms with Gasteiger partial charge in [0.2, 0.25) is 11.7 Å². The van der Waals surface area contributed by atoms with Gasteiger partial charge in [-0.2, -0.15) is 4.39 Å². The lowest BCUT2D eigenvalue weighted by Crippen LogP contribution is -2.34. The fraction of sp³-hybridized carbons (Fsp3) is 0.300. The molecule has 1 rings (SSSR count). The summed E-state index contributed by atoms with van der Waals surface area (Å²) in [5.74, 6) is -1.42. The molecule has 1 aromatic carbocycles. The van der Waals surface area contributed by atoms with E-state index < -0.39 is 28.4 Å². The highest BCUT2D eigenvalue weighted by atomic mass is 19.1. The molecule has 0 saturated carbocycles. The number of hydrogen-bond donors (Lipinski definition) is 2. The molecule has 0 aliphatic rings. The SMILES string of the molecule is CCC(N)C(=O)Nc1ccc(F)c([N+](=O)[O-])c1. The minimum atomic E-state index is -0.951. The van der Waals surface area contributed by atoms with Crippen molar-refractivity contribution in [3.05, 3.63) is 34.1 Å². The highest BCUT2D eigenvalue weighted by molar-refractivity contribution is 5.94. The van der Waals surface area contributed by atoms with E-state index in [9.17, 15) is 19.3 Å². The van der Waals surface area contributed by atoms with Crippen LogP contribution >= 0.6 is 0 Å². The second-order valence-corrected chi connectivity index (χ2v) is 3.43. The van der Waals surface area contributed by atoms with Gasteiger partial charge >= 0.3 is 5.69 Å². The van der Waals surface area contributed by atoms with Crippen molar-refractivity contribution in [3.8, 4) is 0 Å². The van der Waals surface area contributed by atoms with Gasteiger partial charge in [-0.1, -0.05) is 6.92 Å². The number of carbonyl (C=O) groups excluding carboxylic acids is 1. The van der Waals surface area contributed by atoms with Crippen molar-refractivity contribution in [1.82, 2.24) is 0 Å². The van der Waals surface area contributed by atoms with E-state index in [4.69, 9.17) is 5.73 Å². The molecule has 0 heterocycles. The van der Waals surface area contributed by atoms with Crippen LogP contribution in [0.25, 0.3) is 0 Å². The second-order valence-electron chi connectivity index (χ2n) is 3.43. The number of nitrogens with zero attached hydrogens (tertiary/aromatic N) is 1. The predicted molar refractivity (Wildman–Crippen MR) is 60.0 cm³/mol. The van der Waals surface area contributed by atoms with Gasteiger partial charge in [0.25, 0.3) is 0 Å². The van der Waals surface area contributed by atoms with Crippen molar-refractivity contribution >= 4 is 17.3 Å². The van der Waals surface area contributed by atoms with Gasteiger partial charge in [-0.15, -0.1) is 0 Å². The van der Waals surface area contributed by atoms with Gasteiger partial charge < -0.3 is 11.1 Å². The molecule has 1 atom stereocenters. The van der Waals surface area contributed by atoms with Gasteiger partial charge in [0.15, 0.2) is 0 Å². The number of nitro groups is 1. The minimum Gasteiger partial charge on any atom is -0.324 e. The van der Waals surface area contributed by atoms with E-state index in [1.807, 2.05) is 0 Å². The van der Waals surface area contributed by atoms with Crippen molar-refractivity contribution in [2.24, 2.45) is 5.73 Å². The van der Waals surface area contributed by atoms with Crippen LogP contribution < -0.4 is 11.1 Å². The van der Waals surface area contributed by atoms with E-state index >= 15 is 0 Å². The fourth-order valence-electron chi connectivity index (χ4n) is 1.15. The zero-order valence-electron chi connectivity index (χ0n) is 9.14. The normalized spacial score (nSPS) is 11.9. The van der Waals surface area contributed by atoms with Crippen LogP contribution in [0, 0.1) is 15.9 Å². The molecule has 1 unspecified atom stereocenters. The van der Waals surface area contributed by atoms with Crippen LogP contribution in [0.5, 0.6) is 0 Å². The third-order valence-electron chi connectivity index (χ3n) is 2.19. The van der Waals surface area contributed by atoms with Crippen LogP contribution in [0.4, 0.5) is 15.8 Å². The summed E-state index contributed by atoms with van der Waals surface area (Å²) in [6, 6.07) is 2.42. The van der Waals surface area contributed by atoms with E-state index in [1.54, 1.807) is 6.92 Å². The number of nitrogens with two attached hydrogens (primary N) is 1. The molecule has 0 aromatic heterocycles. The summed E-state index contributed by atoms with van der Waals surface area (Å²) in [6.45, 7) is 1.73. The first kappa shape index (κ1) is 13.0. The molecule has 0 radical (unpaired) electrons. The number of amides is 1. The number of nitrogens with one attached hydrogen (secondary N) is 1. The highest BCUT2D eigenvalue weighted by Crippen LogP contribution is 2.21. The third-order valence-corrected chi connectivity index (χ3v) is 2.19. The van der Waals surface area contributed by atoms with E-state index in [0.717, 1.165) is 12.1 Å². The first-order valence-electron chi connectivity index (χ1n) is 4.96. The first-order valence-corrected chi connectivity index (χ1v) is 4.96. The Morgan fingerprint density at radius 3 is 2.82 bits per heavy atom. The third kappa shape index (κ3) is 3.22. The summed E-state index contributed by atoms with van der Waals surface area (Å²) in [6.07, 6.45) is 0.440. The first-order chi connectivity index (χ1) is 7.95. The minimum absolute atomic E-state index is 0.145. The topological polar surface area (TPSA) is 98.3 Å². The predicted octanol–water partition coefficient (Wildman–Crippen LogP) is 1.41. The molecule has 0 aliphatic heterocycles. The van der Waals surface area contributed by atoms with Crippen LogP contribution in [0.1, 0.15) is 13.3 Å². The molecule has 6 nitrogen and oxygen atoms in total. The molecule has 1 amide bonds. The lowest BCUT2D eigenvalue weighted by atomic mass is 10.2.